The lowest BCUT2D eigenvalue weighted by Gasteiger charge is -2.08. The lowest BCUT2D eigenvalue weighted by molar-refractivity contribution is 0.572. The van der Waals surface area contributed by atoms with Crippen LogP contribution in [0.3, 0.4) is 0 Å². The van der Waals surface area contributed by atoms with E-state index in [-0.39, 0.29) is 12.4 Å². The molecule has 0 aliphatic heterocycles. The molecule has 0 aliphatic rings. The first-order chi connectivity index (χ1) is 8.76. The molecule has 2 rings (SSSR count). The van der Waals surface area contributed by atoms with Crippen molar-refractivity contribution in [1.29, 1.82) is 0 Å². The average Bonchev–Trinajstić information content (AvgIpc) is 2.85. The number of nitrogens with zero attached hydrogens (tertiary/aromatic N) is 2. The van der Waals surface area contributed by atoms with E-state index in [2.05, 4.69) is 43.3 Å². The van der Waals surface area contributed by atoms with Crippen LogP contribution in [-0.2, 0) is 13.1 Å². The molecule has 0 aliphatic carbocycles. The SMILES string of the molecule is CCCCn1cc(-c2cccc(CN)c2C)cn1.Cl. The largest absolute Gasteiger partial charge is 0.326 e. The van der Waals surface area contributed by atoms with Crippen molar-refractivity contribution in [3.63, 3.8) is 0 Å². The highest BCUT2D eigenvalue weighted by molar-refractivity contribution is 5.85. The van der Waals surface area contributed by atoms with Crippen LogP contribution in [0.2, 0.25) is 0 Å². The van der Waals surface area contributed by atoms with Gasteiger partial charge in [-0.05, 0) is 30.0 Å². The van der Waals surface area contributed by atoms with Gasteiger partial charge in [0.25, 0.3) is 0 Å². The Hall–Kier alpha value is -1.32. The third-order valence-corrected chi connectivity index (χ3v) is 3.35. The third kappa shape index (κ3) is 3.58. The second-order valence-electron chi connectivity index (χ2n) is 4.64. The van der Waals surface area contributed by atoms with E-state index in [1.807, 2.05) is 10.9 Å². The van der Waals surface area contributed by atoms with Crippen molar-refractivity contribution in [3.8, 4) is 11.1 Å². The van der Waals surface area contributed by atoms with E-state index in [1.54, 1.807) is 0 Å². The van der Waals surface area contributed by atoms with E-state index < -0.39 is 0 Å². The summed E-state index contributed by atoms with van der Waals surface area (Å²) in [6, 6.07) is 6.28. The molecule has 0 bridgehead atoms. The van der Waals surface area contributed by atoms with Crippen molar-refractivity contribution >= 4 is 12.4 Å². The van der Waals surface area contributed by atoms with E-state index in [0.29, 0.717) is 6.54 Å². The first-order valence-electron chi connectivity index (χ1n) is 6.57. The van der Waals surface area contributed by atoms with Gasteiger partial charge in [0.2, 0.25) is 0 Å². The molecule has 19 heavy (non-hydrogen) atoms. The summed E-state index contributed by atoms with van der Waals surface area (Å²) in [5, 5.41) is 4.41. The van der Waals surface area contributed by atoms with E-state index in [9.17, 15) is 0 Å². The van der Waals surface area contributed by atoms with Crippen molar-refractivity contribution in [2.24, 2.45) is 5.73 Å². The van der Waals surface area contributed by atoms with E-state index >= 15 is 0 Å². The Morgan fingerprint density at radius 1 is 1.32 bits per heavy atom. The van der Waals surface area contributed by atoms with Gasteiger partial charge in [0.05, 0.1) is 6.20 Å². The molecule has 104 valence electrons. The Morgan fingerprint density at radius 2 is 2.11 bits per heavy atom. The molecule has 0 amide bonds. The topological polar surface area (TPSA) is 43.8 Å². The van der Waals surface area contributed by atoms with Gasteiger partial charge in [-0.1, -0.05) is 31.5 Å². The Labute approximate surface area is 121 Å². The van der Waals surface area contributed by atoms with Gasteiger partial charge in [0.1, 0.15) is 0 Å². The van der Waals surface area contributed by atoms with Crippen LogP contribution in [0.1, 0.15) is 30.9 Å². The zero-order valence-electron chi connectivity index (χ0n) is 11.6. The molecule has 0 saturated carbocycles. The van der Waals surface area contributed by atoms with E-state index in [4.69, 9.17) is 5.73 Å². The molecule has 0 radical (unpaired) electrons. The zero-order chi connectivity index (χ0) is 13.0. The Morgan fingerprint density at radius 3 is 2.79 bits per heavy atom. The minimum absolute atomic E-state index is 0. The summed E-state index contributed by atoms with van der Waals surface area (Å²) in [5.41, 5.74) is 10.6. The maximum atomic E-state index is 5.75. The van der Waals surface area contributed by atoms with Crippen LogP contribution in [0.4, 0.5) is 0 Å². The zero-order valence-corrected chi connectivity index (χ0v) is 12.4. The van der Waals surface area contributed by atoms with Crippen LogP contribution in [-0.4, -0.2) is 9.78 Å². The van der Waals surface area contributed by atoms with Crippen LogP contribution in [0, 0.1) is 6.92 Å². The lowest BCUT2D eigenvalue weighted by Crippen LogP contribution is -2.00. The normalized spacial score (nSPS) is 10.3. The van der Waals surface area contributed by atoms with Crippen LogP contribution in [0.25, 0.3) is 11.1 Å². The van der Waals surface area contributed by atoms with Gasteiger partial charge < -0.3 is 5.73 Å². The monoisotopic (exact) mass is 279 g/mol. The predicted octanol–water partition coefficient (Wildman–Crippen LogP) is 3.54. The fourth-order valence-electron chi connectivity index (χ4n) is 2.16. The number of unbranched alkanes of at least 4 members (excludes halogenated alkanes) is 1. The maximum Gasteiger partial charge on any atom is 0.0568 e. The molecule has 1 heterocycles. The van der Waals surface area contributed by atoms with Gasteiger partial charge >= 0.3 is 0 Å². The molecule has 0 atom stereocenters. The van der Waals surface area contributed by atoms with Gasteiger partial charge in [-0.3, -0.25) is 4.68 Å². The molecular formula is C15H22ClN3. The van der Waals surface area contributed by atoms with Crippen LogP contribution >= 0.6 is 12.4 Å². The molecule has 0 unspecified atom stereocenters. The molecule has 2 aromatic rings. The Balaban J connectivity index is 0.00000180. The predicted molar refractivity (Wildman–Crippen MR) is 82.4 cm³/mol. The smallest absolute Gasteiger partial charge is 0.0568 e. The van der Waals surface area contributed by atoms with Crippen molar-refractivity contribution in [1.82, 2.24) is 9.78 Å². The quantitative estimate of drug-likeness (QED) is 0.910. The molecule has 1 aromatic carbocycles. The number of aryl methyl sites for hydroxylation is 1. The van der Waals surface area contributed by atoms with Gasteiger partial charge in [0.15, 0.2) is 0 Å². The van der Waals surface area contributed by atoms with Crippen molar-refractivity contribution < 1.29 is 0 Å². The van der Waals surface area contributed by atoms with Gasteiger partial charge in [0, 0.05) is 24.8 Å². The Bertz CT molecular complexity index is 520. The molecule has 0 fully saturated rings. The number of halogens is 1. The van der Waals surface area contributed by atoms with Crippen molar-refractivity contribution in [2.75, 3.05) is 0 Å². The third-order valence-electron chi connectivity index (χ3n) is 3.35. The summed E-state index contributed by atoms with van der Waals surface area (Å²) >= 11 is 0. The van der Waals surface area contributed by atoms with E-state index in [1.165, 1.54) is 35.1 Å². The average molecular weight is 280 g/mol. The summed E-state index contributed by atoms with van der Waals surface area (Å²) < 4.78 is 2.02. The molecular weight excluding hydrogens is 258 g/mol. The van der Waals surface area contributed by atoms with Crippen LogP contribution in [0.5, 0.6) is 0 Å². The summed E-state index contributed by atoms with van der Waals surface area (Å²) in [4.78, 5) is 0. The number of benzene rings is 1. The standard InChI is InChI=1S/C15H21N3.ClH/c1-3-4-8-18-11-14(10-17-18)15-7-5-6-13(9-16)12(15)2;/h5-7,10-11H,3-4,8-9,16H2,1-2H3;1H. The second kappa shape index (κ2) is 7.31. The number of aromatic nitrogens is 2. The minimum atomic E-state index is 0. The van der Waals surface area contributed by atoms with Crippen LogP contribution < -0.4 is 5.73 Å². The van der Waals surface area contributed by atoms with Gasteiger partial charge in [-0.15, -0.1) is 12.4 Å². The van der Waals surface area contributed by atoms with Crippen molar-refractivity contribution in [3.05, 3.63) is 41.7 Å². The number of rotatable bonds is 5. The highest BCUT2D eigenvalue weighted by Gasteiger charge is 2.07. The molecule has 0 spiro atoms. The molecule has 4 heteroatoms. The number of hydrogen-bond acceptors (Lipinski definition) is 2. The lowest BCUT2D eigenvalue weighted by atomic mass is 9.99. The summed E-state index contributed by atoms with van der Waals surface area (Å²) in [7, 11) is 0. The fraction of sp³-hybridized carbons (Fsp3) is 0.400. The highest BCUT2D eigenvalue weighted by atomic mass is 35.5. The van der Waals surface area contributed by atoms with Gasteiger partial charge in [-0.2, -0.15) is 5.10 Å². The fourth-order valence-corrected chi connectivity index (χ4v) is 2.16. The minimum Gasteiger partial charge on any atom is -0.326 e. The molecule has 1 aromatic heterocycles. The number of nitrogens with two attached hydrogens (primary N) is 1. The first kappa shape index (κ1) is 15.7. The first-order valence-corrected chi connectivity index (χ1v) is 6.57. The Kier molecular flexibility index (Phi) is 6.06. The maximum absolute atomic E-state index is 5.75. The molecule has 0 saturated heterocycles. The summed E-state index contributed by atoms with van der Waals surface area (Å²) in [5.74, 6) is 0. The summed E-state index contributed by atoms with van der Waals surface area (Å²) in [6.45, 7) is 5.90. The number of hydrogen-bond donors (Lipinski definition) is 1. The summed E-state index contributed by atoms with van der Waals surface area (Å²) in [6.07, 6.45) is 6.43. The van der Waals surface area contributed by atoms with Crippen LogP contribution in [0.15, 0.2) is 30.6 Å². The molecule has 2 N–H and O–H groups in total. The highest BCUT2D eigenvalue weighted by Crippen LogP contribution is 2.25. The second-order valence-corrected chi connectivity index (χ2v) is 4.64. The van der Waals surface area contributed by atoms with E-state index in [0.717, 1.165) is 6.54 Å². The van der Waals surface area contributed by atoms with Gasteiger partial charge in [-0.25, -0.2) is 0 Å². The molecule has 3 nitrogen and oxygen atoms in total. The van der Waals surface area contributed by atoms with Crippen molar-refractivity contribution in [2.45, 2.75) is 39.8 Å².